The Labute approximate surface area is 123 Å². The summed E-state index contributed by atoms with van der Waals surface area (Å²) in [5, 5.41) is 13.3. The molecule has 0 aliphatic carbocycles. The number of likely N-dealkylation sites (tertiary alicyclic amines) is 1. The summed E-state index contributed by atoms with van der Waals surface area (Å²) >= 11 is 0. The number of hydrogen-bond acceptors (Lipinski definition) is 3. The smallest absolute Gasteiger partial charge is 0.0678 e. The Bertz CT molecular complexity index is 389. The molecule has 1 aromatic carbocycles. The second-order valence-electron chi connectivity index (χ2n) is 5.99. The molecular weight excluding hydrogens is 248 g/mol. The minimum atomic E-state index is -0.321. The normalized spacial score (nSPS) is 23.4. The minimum absolute atomic E-state index is 0.135. The lowest BCUT2D eigenvalue weighted by molar-refractivity contribution is 0.109. The molecule has 0 saturated carbocycles. The third-order valence-electron chi connectivity index (χ3n) is 4.84. The first-order valence-corrected chi connectivity index (χ1v) is 7.81. The highest BCUT2D eigenvalue weighted by Gasteiger charge is 2.31. The van der Waals surface area contributed by atoms with Gasteiger partial charge in [0, 0.05) is 12.6 Å². The van der Waals surface area contributed by atoms with E-state index in [0.29, 0.717) is 6.04 Å². The molecular formula is C17H28N2O. The second-order valence-corrected chi connectivity index (χ2v) is 5.99. The number of hydrogen-bond donors (Lipinski definition) is 2. The van der Waals surface area contributed by atoms with Gasteiger partial charge in [-0.2, -0.15) is 0 Å². The van der Waals surface area contributed by atoms with E-state index < -0.39 is 0 Å². The Kier molecular flexibility index (Phi) is 5.58. The van der Waals surface area contributed by atoms with Crippen LogP contribution in [0.2, 0.25) is 0 Å². The maximum atomic E-state index is 9.94. The van der Waals surface area contributed by atoms with Crippen LogP contribution < -0.4 is 5.32 Å². The third kappa shape index (κ3) is 3.40. The van der Waals surface area contributed by atoms with Crippen molar-refractivity contribution in [2.45, 2.75) is 44.2 Å². The first-order chi connectivity index (χ1) is 9.72. The number of likely N-dealkylation sites (N-methyl/N-ethyl adjacent to an activating group) is 1. The number of piperidine rings is 1. The Morgan fingerprint density at radius 1 is 1.30 bits per heavy atom. The molecule has 2 atom stereocenters. The fourth-order valence-electron chi connectivity index (χ4n) is 3.24. The van der Waals surface area contributed by atoms with Crippen LogP contribution in [-0.2, 0) is 5.54 Å². The molecule has 0 radical (unpaired) electrons. The maximum Gasteiger partial charge on any atom is 0.0678 e. The highest BCUT2D eigenvalue weighted by Crippen LogP contribution is 2.26. The van der Waals surface area contributed by atoms with Crippen molar-refractivity contribution in [2.75, 3.05) is 26.7 Å². The molecule has 112 valence electrons. The van der Waals surface area contributed by atoms with Gasteiger partial charge in [0.25, 0.3) is 0 Å². The summed E-state index contributed by atoms with van der Waals surface area (Å²) in [7, 11) is 1.95. The molecule has 2 rings (SSSR count). The van der Waals surface area contributed by atoms with Crippen LogP contribution in [0, 0.1) is 0 Å². The van der Waals surface area contributed by atoms with Crippen molar-refractivity contribution < 1.29 is 5.11 Å². The van der Waals surface area contributed by atoms with Crippen LogP contribution in [0.15, 0.2) is 30.3 Å². The molecule has 1 aromatic rings. The van der Waals surface area contributed by atoms with Gasteiger partial charge in [-0.3, -0.25) is 0 Å². The highest BCUT2D eigenvalue weighted by molar-refractivity contribution is 5.24. The van der Waals surface area contributed by atoms with Gasteiger partial charge in [0.2, 0.25) is 0 Å². The summed E-state index contributed by atoms with van der Waals surface area (Å²) in [4.78, 5) is 2.56. The number of aliphatic hydroxyl groups excluding tert-OH is 1. The summed E-state index contributed by atoms with van der Waals surface area (Å²) in [5.41, 5.74) is 0.855. The third-order valence-corrected chi connectivity index (χ3v) is 4.84. The van der Waals surface area contributed by atoms with Gasteiger partial charge in [-0.05, 0) is 45.3 Å². The largest absolute Gasteiger partial charge is 0.394 e. The van der Waals surface area contributed by atoms with Crippen molar-refractivity contribution in [1.82, 2.24) is 10.2 Å². The van der Waals surface area contributed by atoms with Crippen molar-refractivity contribution in [3.05, 3.63) is 35.9 Å². The SMILES string of the molecule is CNC(CO)(CCN1CCCCC1C)c1ccccc1. The molecule has 3 nitrogen and oxygen atoms in total. The molecule has 20 heavy (non-hydrogen) atoms. The first kappa shape index (κ1) is 15.5. The van der Waals surface area contributed by atoms with Gasteiger partial charge in [-0.15, -0.1) is 0 Å². The molecule has 1 heterocycles. The van der Waals surface area contributed by atoms with Crippen molar-refractivity contribution in [1.29, 1.82) is 0 Å². The van der Waals surface area contributed by atoms with Gasteiger partial charge in [-0.1, -0.05) is 36.8 Å². The molecule has 2 N–H and O–H groups in total. The number of nitrogens with one attached hydrogen (secondary N) is 1. The van der Waals surface area contributed by atoms with Crippen LogP contribution in [-0.4, -0.2) is 42.8 Å². The van der Waals surface area contributed by atoms with E-state index in [9.17, 15) is 5.11 Å². The van der Waals surface area contributed by atoms with Crippen molar-refractivity contribution in [2.24, 2.45) is 0 Å². The Hall–Kier alpha value is -0.900. The monoisotopic (exact) mass is 276 g/mol. The predicted octanol–water partition coefficient (Wildman–Crippen LogP) is 2.36. The average molecular weight is 276 g/mol. The van der Waals surface area contributed by atoms with Crippen LogP contribution in [0.4, 0.5) is 0 Å². The lowest BCUT2D eigenvalue weighted by Crippen LogP contribution is -2.48. The van der Waals surface area contributed by atoms with E-state index in [1.54, 1.807) is 0 Å². The fourth-order valence-corrected chi connectivity index (χ4v) is 3.24. The maximum absolute atomic E-state index is 9.94. The number of aliphatic hydroxyl groups is 1. The molecule has 0 amide bonds. The quantitative estimate of drug-likeness (QED) is 0.837. The molecule has 0 spiro atoms. The Morgan fingerprint density at radius 2 is 2.05 bits per heavy atom. The van der Waals surface area contributed by atoms with E-state index in [2.05, 4.69) is 29.3 Å². The average Bonchev–Trinajstić information content (AvgIpc) is 2.51. The number of nitrogens with zero attached hydrogens (tertiary/aromatic N) is 1. The zero-order valence-electron chi connectivity index (χ0n) is 12.8. The lowest BCUT2D eigenvalue weighted by Gasteiger charge is -2.38. The fraction of sp³-hybridized carbons (Fsp3) is 0.647. The zero-order valence-corrected chi connectivity index (χ0v) is 12.8. The van der Waals surface area contributed by atoms with Crippen molar-refractivity contribution >= 4 is 0 Å². The molecule has 1 fully saturated rings. The minimum Gasteiger partial charge on any atom is -0.394 e. The molecule has 1 aliphatic rings. The first-order valence-electron chi connectivity index (χ1n) is 7.81. The van der Waals surface area contributed by atoms with Crippen LogP contribution in [0.1, 0.15) is 38.2 Å². The van der Waals surface area contributed by atoms with Gasteiger partial charge in [0.15, 0.2) is 0 Å². The van der Waals surface area contributed by atoms with Crippen LogP contribution in [0.25, 0.3) is 0 Å². The van der Waals surface area contributed by atoms with Crippen molar-refractivity contribution in [3.8, 4) is 0 Å². The van der Waals surface area contributed by atoms with Crippen LogP contribution in [0.5, 0.6) is 0 Å². The van der Waals surface area contributed by atoms with E-state index in [0.717, 1.165) is 13.0 Å². The molecule has 1 aliphatic heterocycles. The lowest BCUT2D eigenvalue weighted by atomic mass is 9.86. The van der Waals surface area contributed by atoms with Gasteiger partial charge in [-0.25, -0.2) is 0 Å². The standard InChI is InChI=1S/C17H28N2O/c1-15-8-6-7-12-19(15)13-11-17(14-20,18-2)16-9-4-3-5-10-16/h3-5,9-10,15,18,20H,6-8,11-14H2,1-2H3. The Balaban J connectivity index is 2.05. The molecule has 2 unspecified atom stereocenters. The molecule has 0 bridgehead atoms. The summed E-state index contributed by atoms with van der Waals surface area (Å²) in [6.07, 6.45) is 4.90. The predicted molar refractivity (Wildman–Crippen MR) is 83.8 cm³/mol. The highest BCUT2D eigenvalue weighted by atomic mass is 16.3. The number of rotatable bonds is 6. The van der Waals surface area contributed by atoms with Gasteiger partial charge in [0.1, 0.15) is 0 Å². The van der Waals surface area contributed by atoms with E-state index in [4.69, 9.17) is 0 Å². The molecule has 0 aromatic heterocycles. The topological polar surface area (TPSA) is 35.5 Å². The van der Waals surface area contributed by atoms with E-state index in [1.807, 2.05) is 25.2 Å². The summed E-state index contributed by atoms with van der Waals surface area (Å²) < 4.78 is 0. The second kappa shape index (κ2) is 7.21. The van der Waals surface area contributed by atoms with E-state index >= 15 is 0 Å². The van der Waals surface area contributed by atoms with E-state index in [1.165, 1.54) is 31.4 Å². The zero-order chi connectivity index (χ0) is 14.4. The summed E-state index contributed by atoms with van der Waals surface area (Å²) in [5.74, 6) is 0. The van der Waals surface area contributed by atoms with Gasteiger partial charge < -0.3 is 15.3 Å². The van der Waals surface area contributed by atoms with Crippen LogP contribution >= 0.6 is 0 Å². The van der Waals surface area contributed by atoms with Crippen molar-refractivity contribution in [3.63, 3.8) is 0 Å². The molecule has 1 saturated heterocycles. The van der Waals surface area contributed by atoms with Crippen LogP contribution in [0.3, 0.4) is 0 Å². The summed E-state index contributed by atoms with van der Waals surface area (Å²) in [6, 6.07) is 11.0. The molecule has 3 heteroatoms. The number of benzene rings is 1. The summed E-state index contributed by atoms with van der Waals surface area (Å²) in [6.45, 7) is 4.69. The van der Waals surface area contributed by atoms with Gasteiger partial charge in [0.05, 0.1) is 12.1 Å². The van der Waals surface area contributed by atoms with E-state index in [-0.39, 0.29) is 12.1 Å². The van der Waals surface area contributed by atoms with Gasteiger partial charge >= 0.3 is 0 Å². The Morgan fingerprint density at radius 3 is 2.65 bits per heavy atom.